The maximum absolute atomic E-state index is 12.8. The van der Waals surface area contributed by atoms with Gasteiger partial charge in [0.15, 0.2) is 0 Å². The largest absolute Gasteiger partial charge is 0.505 e. The number of hydrogen-bond donors (Lipinski definition) is 1. The Balaban J connectivity index is 2.22. The third-order valence-electron chi connectivity index (χ3n) is 2.92. The van der Waals surface area contributed by atoms with Crippen LogP contribution in [0.1, 0.15) is 5.56 Å². The number of H-pyrrole nitrogens is 1. The second-order valence-electron chi connectivity index (χ2n) is 4.22. The van der Waals surface area contributed by atoms with Crippen LogP contribution in [-0.2, 0) is 6.30 Å². The van der Waals surface area contributed by atoms with E-state index in [9.17, 15) is 13.2 Å². The van der Waals surface area contributed by atoms with E-state index in [0.717, 1.165) is 22.7 Å². The van der Waals surface area contributed by atoms with Crippen LogP contribution < -0.4 is 0 Å². The molecule has 0 atom stereocenters. The predicted octanol–water partition coefficient (Wildman–Crippen LogP) is 3.21. The molecular weight excluding hydrogens is 257 g/mol. The summed E-state index contributed by atoms with van der Waals surface area (Å²) in [5.41, 5.74) is 2.13. The fourth-order valence-electron chi connectivity index (χ4n) is 2.11. The molecule has 0 amide bonds. The van der Waals surface area contributed by atoms with E-state index in [-0.39, 0.29) is 10.4 Å². The van der Waals surface area contributed by atoms with Crippen LogP contribution in [0.25, 0.3) is 22.2 Å². The van der Waals surface area contributed by atoms with Gasteiger partial charge in [-0.2, -0.15) is 14.9 Å². The van der Waals surface area contributed by atoms with Crippen molar-refractivity contribution in [3.05, 3.63) is 36.2 Å². The first-order valence-electron chi connectivity index (χ1n) is 5.52. The van der Waals surface area contributed by atoms with Gasteiger partial charge in [0.25, 0.3) is 0 Å². The highest BCUT2D eigenvalue weighted by molar-refractivity contribution is 5.86. The molecule has 3 rings (SSSR count). The van der Waals surface area contributed by atoms with E-state index in [1.165, 1.54) is 6.07 Å². The summed E-state index contributed by atoms with van der Waals surface area (Å²) in [6, 6.07) is 4.68. The topological polar surface area (TPSA) is 46.5 Å². The van der Waals surface area contributed by atoms with Crippen molar-refractivity contribution in [2.45, 2.75) is 13.2 Å². The monoisotopic (exact) mass is 266 g/mol. The quantitative estimate of drug-likeness (QED) is 0.735. The van der Waals surface area contributed by atoms with Crippen LogP contribution in [0, 0.1) is 6.92 Å². The summed E-state index contributed by atoms with van der Waals surface area (Å²) in [4.78, 5) is 0. The number of rotatable bonds is 1. The molecule has 0 saturated carbocycles. The summed E-state index contributed by atoms with van der Waals surface area (Å²) in [6.45, 7) is 1.82. The van der Waals surface area contributed by atoms with E-state index in [1.807, 2.05) is 6.92 Å². The highest BCUT2D eigenvalue weighted by Crippen LogP contribution is 2.31. The van der Waals surface area contributed by atoms with Crippen LogP contribution >= 0.6 is 0 Å². The Bertz CT molecular complexity index is 739. The summed E-state index contributed by atoms with van der Waals surface area (Å²) in [5, 5.41) is 10.8. The number of aryl methyl sites for hydroxylation is 1. The lowest BCUT2D eigenvalue weighted by Crippen LogP contribution is -2.19. The predicted molar refractivity (Wildman–Crippen MR) is 63.3 cm³/mol. The van der Waals surface area contributed by atoms with Gasteiger partial charge in [0.1, 0.15) is 0 Å². The van der Waals surface area contributed by atoms with E-state index < -0.39 is 6.30 Å². The Kier molecular flexibility index (Phi) is 2.38. The maximum atomic E-state index is 12.8. The summed E-state index contributed by atoms with van der Waals surface area (Å²) >= 11 is 0. The fraction of sp³-hybridized carbons (Fsp3) is 0.167. The van der Waals surface area contributed by atoms with Crippen molar-refractivity contribution in [1.82, 2.24) is 20.0 Å². The van der Waals surface area contributed by atoms with Crippen LogP contribution in [0.5, 0.6) is 0 Å². The van der Waals surface area contributed by atoms with Gasteiger partial charge >= 0.3 is 6.30 Å². The average molecular weight is 266 g/mol. The van der Waals surface area contributed by atoms with Crippen molar-refractivity contribution < 1.29 is 13.2 Å². The van der Waals surface area contributed by atoms with Crippen molar-refractivity contribution in [1.29, 1.82) is 0 Å². The molecule has 0 aliphatic carbocycles. The van der Waals surface area contributed by atoms with Gasteiger partial charge in [-0.15, -0.1) is 13.2 Å². The molecule has 98 valence electrons. The number of fused-ring (bicyclic) bond motifs is 1. The van der Waals surface area contributed by atoms with Crippen LogP contribution in [0.15, 0.2) is 30.6 Å². The van der Waals surface area contributed by atoms with Gasteiger partial charge in [-0.25, -0.2) is 0 Å². The highest BCUT2D eigenvalue weighted by atomic mass is 19.4. The van der Waals surface area contributed by atoms with Gasteiger partial charge in [0.2, 0.25) is 0 Å². The molecule has 3 aromatic rings. The van der Waals surface area contributed by atoms with Crippen molar-refractivity contribution >= 4 is 10.9 Å². The van der Waals surface area contributed by atoms with E-state index in [4.69, 9.17) is 0 Å². The van der Waals surface area contributed by atoms with Crippen molar-refractivity contribution in [2.75, 3.05) is 0 Å². The lowest BCUT2D eigenvalue weighted by molar-refractivity contribution is -0.211. The molecule has 0 saturated heterocycles. The Morgan fingerprint density at radius 3 is 2.79 bits per heavy atom. The van der Waals surface area contributed by atoms with Crippen LogP contribution in [0.2, 0.25) is 0 Å². The molecule has 2 aromatic heterocycles. The number of halogens is 3. The van der Waals surface area contributed by atoms with Gasteiger partial charge in [-0.1, -0.05) is 0 Å². The summed E-state index contributed by atoms with van der Waals surface area (Å²) in [7, 11) is 0. The van der Waals surface area contributed by atoms with Gasteiger partial charge in [-0.3, -0.25) is 5.10 Å². The summed E-state index contributed by atoms with van der Waals surface area (Å²) in [6.07, 6.45) is -1.81. The summed E-state index contributed by atoms with van der Waals surface area (Å²) < 4.78 is 38.5. The third kappa shape index (κ3) is 1.87. The number of benzene rings is 1. The standard InChI is InChI=1S/C12H9F3N4/c1-7-4-8(5-9-6-16-18-11(7)9)10-2-3-17-19(10)12(13,14)15/h2-6H,1H3,(H,16,18). The average Bonchev–Trinajstić information content (AvgIpc) is 2.96. The molecule has 0 radical (unpaired) electrons. The molecule has 0 unspecified atom stereocenters. The molecule has 2 heterocycles. The molecular formula is C12H9F3N4. The van der Waals surface area contributed by atoms with Gasteiger partial charge < -0.3 is 0 Å². The molecule has 0 bridgehead atoms. The normalized spacial score (nSPS) is 12.2. The Hall–Kier alpha value is -2.31. The second-order valence-corrected chi connectivity index (χ2v) is 4.22. The van der Waals surface area contributed by atoms with Gasteiger partial charge in [0.05, 0.1) is 17.4 Å². The Labute approximate surface area is 105 Å². The molecule has 0 aliphatic heterocycles. The first-order chi connectivity index (χ1) is 8.97. The first-order valence-corrected chi connectivity index (χ1v) is 5.52. The van der Waals surface area contributed by atoms with Crippen LogP contribution in [-0.4, -0.2) is 20.0 Å². The number of alkyl halides is 3. The number of nitrogens with zero attached hydrogens (tertiary/aromatic N) is 3. The molecule has 1 aromatic carbocycles. The molecule has 1 N–H and O–H groups in total. The maximum Gasteiger partial charge on any atom is 0.505 e. The van der Waals surface area contributed by atoms with E-state index in [1.54, 1.807) is 18.3 Å². The van der Waals surface area contributed by atoms with Crippen molar-refractivity contribution in [3.8, 4) is 11.3 Å². The van der Waals surface area contributed by atoms with Gasteiger partial charge in [-0.05, 0) is 30.7 Å². The zero-order valence-corrected chi connectivity index (χ0v) is 9.86. The number of aromatic nitrogens is 4. The minimum Gasteiger partial charge on any atom is -0.278 e. The molecule has 19 heavy (non-hydrogen) atoms. The number of hydrogen-bond acceptors (Lipinski definition) is 2. The van der Waals surface area contributed by atoms with Crippen molar-refractivity contribution in [2.24, 2.45) is 0 Å². The van der Waals surface area contributed by atoms with E-state index in [2.05, 4.69) is 15.3 Å². The number of nitrogens with one attached hydrogen (secondary N) is 1. The third-order valence-corrected chi connectivity index (χ3v) is 2.92. The van der Waals surface area contributed by atoms with E-state index in [0.29, 0.717) is 5.56 Å². The SMILES string of the molecule is Cc1cc(-c2ccnn2C(F)(F)F)cc2cn[nH]c12. The van der Waals surface area contributed by atoms with Crippen LogP contribution in [0.3, 0.4) is 0 Å². The fourth-order valence-corrected chi connectivity index (χ4v) is 2.11. The molecule has 7 heteroatoms. The Morgan fingerprint density at radius 2 is 2.05 bits per heavy atom. The number of aromatic amines is 1. The lowest BCUT2D eigenvalue weighted by Gasteiger charge is -2.11. The molecule has 0 fully saturated rings. The highest BCUT2D eigenvalue weighted by Gasteiger charge is 2.34. The smallest absolute Gasteiger partial charge is 0.278 e. The van der Waals surface area contributed by atoms with Crippen LogP contribution in [0.4, 0.5) is 13.2 Å². The van der Waals surface area contributed by atoms with Gasteiger partial charge in [0, 0.05) is 17.1 Å². The molecule has 4 nitrogen and oxygen atoms in total. The molecule has 0 aliphatic rings. The Morgan fingerprint density at radius 1 is 1.26 bits per heavy atom. The second kappa shape index (κ2) is 3.84. The molecule has 0 spiro atoms. The minimum absolute atomic E-state index is 0.0127. The lowest BCUT2D eigenvalue weighted by atomic mass is 10.1. The summed E-state index contributed by atoms with van der Waals surface area (Å²) in [5.74, 6) is 0. The van der Waals surface area contributed by atoms with E-state index >= 15 is 0 Å². The zero-order chi connectivity index (χ0) is 13.6. The van der Waals surface area contributed by atoms with Crippen molar-refractivity contribution in [3.63, 3.8) is 0 Å². The minimum atomic E-state index is -4.53. The first kappa shape index (κ1) is 11.8. The zero-order valence-electron chi connectivity index (χ0n) is 9.86.